The van der Waals surface area contributed by atoms with Gasteiger partial charge < -0.3 is 14.7 Å². The Balaban J connectivity index is 2.52. The van der Waals surface area contributed by atoms with Crippen LogP contribution in [0.3, 0.4) is 0 Å². The van der Waals surface area contributed by atoms with Crippen molar-refractivity contribution in [1.29, 1.82) is 0 Å². The molecule has 0 heterocycles. The summed E-state index contributed by atoms with van der Waals surface area (Å²) in [4.78, 5) is 13.7. The third-order valence-corrected chi connectivity index (χ3v) is 3.13. The van der Waals surface area contributed by atoms with E-state index in [1.165, 1.54) is 0 Å². The van der Waals surface area contributed by atoms with Crippen molar-refractivity contribution in [2.75, 3.05) is 27.3 Å². The van der Waals surface area contributed by atoms with E-state index >= 15 is 0 Å². The van der Waals surface area contributed by atoms with Crippen LogP contribution in [0.5, 0.6) is 5.75 Å². The topological polar surface area (TPSA) is 49.8 Å². The van der Waals surface area contributed by atoms with Crippen molar-refractivity contribution < 1.29 is 14.6 Å². The number of carbonyl (C=O) groups excluding carboxylic acids is 1. The van der Waals surface area contributed by atoms with E-state index in [0.717, 1.165) is 0 Å². The van der Waals surface area contributed by atoms with Crippen LogP contribution in [0.2, 0.25) is 0 Å². The molecule has 0 aliphatic carbocycles. The molecule has 0 aliphatic heterocycles. The van der Waals surface area contributed by atoms with Crippen LogP contribution in [0.1, 0.15) is 5.56 Å². The number of nitrogens with zero attached hydrogens (tertiary/aromatic N) is 1. The zero-order valence-electron chi connectivity index (χ0n) is 10.6. The lowest BCUT2D eigenvalue weighted by molar-refractivity contribution is -0.129. The molecule has 0 saturated carbocycles. The van der Waals surface area contributed by atoms with Gasteiger partial charge in [-0.2, -0.15) is 0 Å². The maximum atomic E-state index is 12.0. The van der Waals surface area contributed by atoms with Crippen molar-refractivity contribution in [1.82, 2.24) is 4.90 Å². The molecule has 1 aromatic carbocycles. The van der Waals surface area contributed by atoms with Gasteiger partial charge >= 0.3 is 0 Å². The second-order valence-corrected chi connectivity index (χ2v) is 5.43. The maximum Gasteiger partial charge on any atom is 0.226 e. The number of phenols is 1. The highest BCUT2D eigenvalue weighted by atomic mass is 79.9. The van der Waals surface area contributed by atoms with Gasteiger partial charge in [0.05, 0.1) is 17.9 Å². The smallest absolute Gasteiger partial charge is 0.226 e. The van der Waals surface area contributed by atoms with Crippen molar-refractivity contribution in [3.05, 3.63) is 29.8 Å². The lowest BCUT2D eigenvalue weighted by Gasteiger charge is -2.20. The van der Waals surface area contributed by atoms with Crippen LogP contribution in [0.4, 0.5) is 0 Å². The highest BCUT2D eigenvalue weighted by Crippen LogP contribution is 2.17. The molecule has 1 rings (SSSR count). The molecule has 1 aromatic rings. The number of para-hydroxylation sites is 1. The third kappa shape index (κ3) is 4.66. The van der Waals surface area contributed by atoms with Crippen molar-refractivity contribution in [2.45, 2.75) is 11.2 Å². The molecule has 1 atom stereocenters. The summed E-state index contributed by atoms with van der Waals surface area (Å²) >= 11 is 3.44. The van der Waals surface area contributed by atoms with Gasteiger partial charge in [-0.1, -0.05) is 34.1 Å². The number of benzene rings is 1. The zero-order valence-corrected chi connectivity index (χ0v) is 12.2. The molecule has 5 heteroatoms. The van der Waals surface area contributed by atoms with E-state index in [9.17, 15) is 9.90 Å². The number of ether oxygens (including phenoxy) is 1. The van der Waals surface area contributed by atoms with Crippen molar-refractivity contribution in [2.24, 2.45) is 0 Å². The van der Waals surface area contributed by atoms with E-state index < -0.39 is 0 Å². The molecule has 1 N–H and O–H groups in total. The number of hydrogen-bond acceptors (Lipinski definition) is 3. The fraction of sp³-hybridized carbons (Fsp3) is 0.462. The van der Waals surface area contributed by atoms with E-state index in [0.29, 0.717) is 18.7 Å². The number of halogens is 1. The summed E-state index contributed by atoms with van der Waals surface area (Å²) in [5.41, 5.74) is 0.646. The Hall–Kier alpha value is -1.07. The number of phenolic OH excluding ortho intramolecular Hbond substituents is 1. The Kier molecular flexibility index (Phi) is 6.15. The molecule has 0 aromatic heterocycles. The summed E-state index contributed by atoms with van der Waals surface area (Å²) in [5.74, 6) is 0.128. The minimum atomic E-state index is -0.0305. The molecular formula is C13H18BrNO3. The van der Waals surface area contributed by atoms with E-state index in [2.05, 4.69) is 15.9 Å². The lowest BCUT2D eigenvalue weighted by Crippen LogP contribution is -2.34. The third-order valence-electron chi connectivity index (χ3n) is 2.58. The molecule has 0 spiro atoms. The molecule has 100 valence electrons. The van der Waals surface area contributed by atoms with Gasteiger partial charge in [0.1, 0.15) is 5.75 Å². The number of hydrogen-bond donors (Lipinski definition) is 1. The number of likely N-dealkylation sites (N-methyl/N-ethyl adjacent to an activating group) is 1. The molecule has 0 saturated heterocycles. The summed E-state index contributed by atoms with van der Waals surface area (Å²) in [6.45, 7) is 1.12. The monoisotopic (exact) mass is 315 g/mol. The summed E-state index contributed by atoms with van der Waals surface area (Å²) in [7, 11) is 3.37. The second kappa shape index (κ2) is 7.38. The largest absolute Gasteiger partial charge is 0.508 e. The number of amides is 1. The highest BCUT2D eigenvalue weighted by molar-refractivity contribution is 9.09. The van der Waals surface area contributed by atoms with Gasteiger partial charge in [0.15, 0.2) is 0 Å². The summed E-state index contributed by atoms with van der Waals surface area (Å²) < 4.78 is 5.00. The number of alkyl halides is 1. The van der Waals surface area contributed by atoms with E-state index in [-0.39, 0.29) is 22.9 Å². The summed E-state index contributed by atoms with van der Waals surface area (Å²) in [5, 5.41) is 9.61. The fourth-order valence-electron chi connectivity index (χ4n) is 1.59. The Morgan fingerprint density at radius 2 is 2.17 bits per heavy atom. The minimum Gasteiger partial charge on any atom is -0.508 e. The Morgan fingerprint density at radius 1 is 1.50 bits per heavy atom. The van der Waals surface area contributed by atoms with Crippen molar-refractivity contribution in [3.63, 3.8) is 0 Å². The van der Waals surface area contributed by atoms with Crippen LogP contribution in [0.15, 0.2) is 24.3 Å². The molecular weight excluding hydrogens is 298 g/mol. The van der Waals surface area contributed by atoms with Gasteiger partial charge in [-0.05, 0) is 6.07 Å². The zero-order chi connectivity index (χ0) is 13.5. The van der Waals surface area contributed by atoms with Crippen LogP contribution < -0.4 is 0 Å². The van der Waals surface area contributed by atoms with Crippen LogP contribution in [-0.2, 0) is 16.0 Å². The van der Waals surface area contributed by atoms with Gasteiger partial charge in [0.25, 0.3) is 0 Å². The maximum absolute atomic E-state index is 12.0. The van der Waals surface area contributed by atoms with E-state index in [1.54, 1.807) is 43.3 Å². The SMILES string of the molecule is COCC(Br)CN(C)C(=O)Cc1ccccc1O. The number of carbonyl (C=O) groups is 1. The summed E-state index contributed by atoms with van der Waals surface area (Å²) in [6.07, 6.45) is 0.204. The predicted molar refractivity (Wildman–Crippen MR) is 74.0 cm³/mol. The van der Waals surface area contributed by atoms with Crippen molar-refractivity contribution >= 4 is 21.8 Å². The van der Waals surface area contributed by atoms with Crippen LogP contribution in [-0.4, -0.2) is 48.0 Å². The normalized spacial score (nSPS) is 12.2. The first kappa shape index (κ1) is 15.0. The first-order valence-electron chi connectivity index (χ1n) is 5.68. The number of methoxy groups -OCH3 is 1. The van der Waals surface area contributed by atoms with Gasteiger partial charge in [-0.3, -0.25) is 4.79 Å². The Morgan fingerprint density at radius 3 is 2.78 bits per heavy atom. The Bertz CT molecular complexity index is 398. The van der Waals surface area contributed by atoms with Gasteiger partial charge in [-0.15, -0.1) is 0 Å². The van der Waals surface area contributed by atoms with E-state index in [1.807, 2.05) is 0 Å². The van der Waals surface area contributed by atoms with Gasteiger partial charge in [-0.25, -0.2) is 0 Å². The second-order valence-electron chi connectivity index (χ2n) is 4.13. The fourth-order valence-corrected chi connectivity index (χ4v) is 2.29. The standard InChI is InChI=1S/C13H18BrNO3/c1-15(8-11(14)9-18-2)13(17)7-10-5-3-4-6-12(10)16/h3-6,11,16H,7-9H2,1-2H3. The first-order chi connectivity index (χ1) is 8.54. The molecule has 4 nitrogen and oxygen atoms in total. The molecule has 0 aliphatic rings. The average molecular weight is 316 g/mol. The molecule has 1 unspecified atom stereocenters. The number of aromatic hydroxyl groups is 1. The molecule has 0 bridgehead atoms. The van der Waals surface area contributed by atoms with Crippen LogP contribution >= 0.6 is 15.9 Å². The van der Waals surface area contributed by atoms with Crippen molar-refractivity contribution in [3.8, 4) is 5.75 Å². The minimum absolute atomic E-state index is 0.0305. The average Bonchev–Trinajstić information content (AvgIpc) is 2.32. The summed E-state index contributed by atoms with van der Waals surface area (Å²) in [6, 6.07) is 6.88. The quantitative estimate of drug-likeness (QED) is 0.814. The van der Waals surface area contributed by atoms with E-state index in [4.69, 9.17) is 4.74 Å². The molecule has 0 fully saturated rings. The first-order valence-corrected chi connectivity index (χ1v) is 6.60. The Labute approximate surface area is 116 Å². The van der Waals surface area contributed by atoms with Crippen LogP contribution in [0.25, 0.3) is 0 Å². The molecule has 18 heavy (non-hydrogen) atoms. The highest BCUT2D eigenvalue weighted by Gasteiger charge is 2.15. The van der Waals surface area contributed by atoms with Crippen LogP contribution in [0, 0.1) is 0 Å². The van der Waals surface area contributed by atoms with Gasteiger partial charge in [0, 0.05) is 26.3 Å². The lowest BCUT2D eigenvalue weighted by atomic mass is 10.1. The molecule has 0 radical (unpaired) electrons. The predicted octanol–water partition coefficient (Wildman–Crippen LogP) is 1.80. The number of rotatable bonds is 6. The van der Waals surface area contributed by atoms with Gasteiger partial charge in [0.2, 0.25) is 5.91 Å². The molecule has 1 amide bonds.